The van der Waals surface area contributed by atoms with Crippen LogP contribution in [-0.4, -0.2) is 37.2 Å². The van der Waals surface area contributed by atoms with Crippen molar-refractivity contribution < 1.29 is 28.6 Å². The molecule has 0 fully saturated rings. The van der Waals surface area contributed by atoms with Crippen molar-refractivity contribution in [2.24, 2.45) is 0 Å². The number of hydrogen-bond acceptors (Lipinski definition) is 6. The summed E-state index contributed by atoms with van der Waals surface area (Å²) < 4.78 is 16.8. The number of ether oxygens (including phenoxy) is 3. The van der Waals surface area contributed by atoms with Gasteiger partial charge in [0.1, 0.15) is 13.2 Å². The minimum Gasteiger partial charge on any atom is -0.462 e. The second-order valence-corrected chi connectivity index (χ2v) is 23.0. The van der Waals surface area contributed by atoms with Crippen LogP contribution in [0.15, 0.2) is 97.2 Å². The summed E-state index contributed by atoms with van der Waals surface area (Å²) in [4.78, 5) is 38.2. The summed E-state index contributed by atoms with van der Waals surface area (Å²) in [5.74, 6) is -0.965. The first-order chi connectivity index (χ1) is 40.0. The molecule has 1 unspecified atom stereocenters. The third-order valence-corrected chi connectivity index (χ3v) is 15.1. The molecule has 0 aliphatic heterocycles. The maximum Gasteiger partial charge on any atom is 0.306 e. The zero-order chi connectivity index (χ0) is 58.5. The topological polar surface area (TPSA) is 78.9 Å². The SMILES string of the molecule is CC/C=C\C/C=C\C/C=C\C/C=C\CCCCC(=O)OC(COC(=O)CCCCC/C=C\C/C=C\C/C=C\CC)COC(=O)CCCCCCCCCCCCCCCCCCCCCCCCC/C=C\CCCCCCCCCC. The fourth-order valence-electron chi connectivity index (χ4n) is 9.92. The number of allylic oxidation sites excluding steroid dienone is 16. The smallest absolute Gasteiger partial charge is 0.306 e. The molecule has 6 nitrogen and oxygen atoms in total. The molecule has 0 heterocycles. The van der Waals surface area contributed by atoms with Crippen molar-refractivity contribution in [1.29, 1.82) is 0 Å². The molecular weight excluding hydrogens is 997 g/mol. The molecule has 0 aromatic carbocycles. The Bertz CT molecular complexity index is 1580. The predicted molar refractivity (Wildman–Crippen MR) is 353 cm³/mol. The van der Waals surface area contributed by atoms with E-state index in [1.807, 2.05) is 0 Å². The minimum atomic E-state index is -0.812. The lowest BCUT2D eigenvalue weighted by molar-refractivity contribution is -0.167. The zero-order valence-electron chi connectivity index (χ0n) is 53.5. The standard InChI is InChI=1S/C75H130O6/c1-4-7-10-13-16-19-22-25-27-28-29-30-31-32-33-34-35-36-37-38-39-40-41-42-43-44-45-46-48-50-53-56-59-62-65-68-74(77)80-71-72(70-79-73(76)67-64-61-58-55-52-49-24-21-18-15-12-9-6-3)81-75(78)69-66-63-60-57-54-51-47-26-23-20-17-14-11-8-5-2/h8-9,11-12,17-18,20-21,26,28-29,47,49,52,54,57,72H,4-7,10,13-16,19,22-25,27,30-46,48,50-51,53,55-56,58-71H2,1-3H3/b11-8-,12-9-,20-17-,21-18-,29-28-,47-26-,52-49-,57-54-. The monoisotopic (exact) mass is 1130 g/mol. The quantitative estimate of drug-likeness (QED) is 0.0261. The number of rotatable bonds is 63. The van der Waals surface area contributed by atoms with Crippen molar-refractivity contribution in [3.63, 3.8) is 0 Å². The largest absolute Gasteiger partial charge is 0.462 e. The number of carbonyl (C=O) groups is 3. The van der Waals surface area contributed by atoms with Crippen LogP contribution in [0.25, 0.3) is 0 Å². The van der Waals surface area contributed by atoms with Gasteiger partial charge in [0.25, 0.3) is 0 Å². The number of hydrogen-bond donors (Lipinski definition) is 0. The summed E-state index contributed by atoms with van der Waals surface area (Å²) in [6.45, 7) is 6.38. The maximum atomic E-state index is 12.9. The number of carbonyl (C=O) groups excluding carboxylic acids is 3. The molecule has 466 valence electrons. The lowest BCUT2D eigenvalue weighted by atomic mass is 10.0. The van der Waals surface area contributed by atoms with Gasteiger partial charge in [-0.1, -0.05) is 304 Å². The Morgan fingerprint density at radius 3 is 0.802 bits per heavy atom. The summed E-state index contributed by atoms with van der Waals surface area (Å²) >= 11 is 0. The highest BCUT2D eigenvalue weighted by Gasteiger charge is 2.19. The second kappa shape index (κ2) is 68.8. The van der Waals surface area contributed by atoms with Gasteiger partial charge in [0.2, 0.25) is 0 Å². The molecule has 0 aromatic rings. The Kier molecular flexibility index (Phi) is 65.7. The molecule has 1 atom stereocenters. The highest BCUT2D eigenvalue weighted by atomic mass is 16.6. The van der Waals surface area contributed by atoms with Crippen LogP contribution in [0.5, 0.6) is 0 Å². The van der Waals surface area contributed by atoms with Gasteiger partial charge < -0.3 is 14.2 Å². The Balaban J connectivity index is 4.11. The molecule has 0 N–H and O–H groups in total. The molecule has 0 aromatic heterocycles. The van der Waals surface area contributed by atoms with Gasteiger partial charge in [-0.3, -0.25) is 14.4 Å². The van der Waals surface area contributed by atoms with Crippen LogP contribution >= 0.6 is 0 Å². The van der Waals surface area contributed by atoms with Gasteiger partial charge in [-0.2, -0.15) is 0 Å². The van der Waals surface area contributed by atoms with E-state index in [-0.39, 0.29) is 37.5 Å². The van der Waals surface area contributed by atoms with Crippen LogP contribution in [0.4, 0.5) is 0 Å². The first-order valence-electron chi connectivity index (χ1n) is 34.7. The van der Waals surface area contributed by atoms with Crippen molar-refractivity contribution in [1.82, 2.24) is 0 Å². The molecule has 0 amide bonds. The number of esters is 3. The minimum absolute atomic E-state index is 0.102. The molecule has 0 bridgehead atoms. The van der Waals surface area contributed by atoms with E-state index in [1.165, 1.54) is 193 Å². The summed E-state index contributed by atoms with van der Waals surface area (Å²) in [5.41, 5.74) is 0. The van der Waals surface area contributed by atoms with E-state index in [9.17, 15) is 14.4 Å². The summed E-state index contributed by atoms with van der Waals surface area (Å²) in [6, 6.07) is 0. The summed E-state index contributed by atoms with van der Waals surface area (Å²) in [5, 5.41) is 0. The van der Waals surface area contributed by atoms with Gasteiger partial charge in [-0.05, 0) is 116 Å². The van der Waals surface area contributed by atoms with Crippen molar-refractivity contribution in [2.45, 2.75) is 348 Å². The van der Waals surface area contributed by atoms with Crippen LogP contribution in [0.1, 0.15) is 342 Å². The van der Waals surface area contributed by atoms with E-state index in [1.54, 1.807) is 0 Å². The van der Waals surface area contributed by atoms with Crippen molar-refractivity contribution in [3.05, 3.63) is 97.2 Å². The van der Waals surface area contributed by atoms with Gasteiger partial charge in [-0.15, -0.1) is 0 Å². The van der Waals surface area contributed by atoms with Crippen molar-refractivity contribution in [3.8, 4) is 0 Å². The summed E-state index contributed by atoms with van der Waals surface area (Å²) in [6.07, 6.45) is 93.3. The third-order valence-electron chi connectivity index (χ3n) is 15.1. The Hall–Kier alpha value is -3.67. The van der Waals surface area contributed by atoms with Gasteiger partial charge >= 0.3 is 17.9 Å². The van der Waals surface area contributed by atoms with Crippen LogP contribution in [0, 0.1) is 0 Å². The number of unbranched alkanes of at least 4 members (excludes halogenated alkanes) is 36. The van der Waals surface area contributed by atoms with Crippen LogP contribution < -0.4 is 0 Å². The normalized spacial score (nSPS) is 12.7. The Labute approximate surface area is 502 Å². The Morgan fingerprint density at radius 1 is 0.259 bits per heavy atom. The first-order valence-corrected chi connectivity index (χ1v) is 34.7. The van der Waals surface area contributed by atoms with Crippen LogP contribution in [0.3, 0.4) is 0 Å². The molecule has 0 aliphatic rings. The molecule has 0 rings (SSSR count). The van der Waals surface area contributed by atoms with Crippen LogP contribution in [0.2, 0.25) is 0 Å². The van der Waals surface area contributed by atoms with E-state index in [2.05, 4.69) is 118 Å². The van der Waals surface area contributed by atoms with E-state index < -0.39 is 6.10 Å². The maximum absolute atomic E-state index is 12.9. The average molecular weight is 1130 g/mol. The average Bonchev–Trinajstić information content (AvgIpc) is 3.46. The second-order valence-electron chi connectivity index (χ2n) is 23.0. The van der Waals surface area contributed by atoms with Gasteiger partial charge in [0.15, 0.2) is 6.10 Å². The summed E-state index contributed by atoms with van der Waals surface area (Å²) in [7, 11) is 0. The molecule has 0 saturated carbocycles. The molecule has 0 aliphatic carbocycles. The first kappa shape index (κ1) is 77.3. The van der Waals surface area contributed by atoms with Crippen molar-refractivity contribution in [2.75, 3.05) is 13.2 Å². The van der Waals surface area contributed by atoms with E-state index in [4.69, 9.17) is 14.2 Å². The fraction of sp³-hybridized carbons (Fsp3) is 0.747. The zero-order valence-corrected chi connectivity index (χ0v) is 53.5. The van der Waals surface area contributed by atoms with Gasteiger partial charge in [-0.25, -0.2) is 0 Å². The lowest BCUT2D eigenvalue weighted by Crippen LogP contribution is -2.30. The fourth-order valence-corrected chi connectivity index (χ4v) is 9.92. The van der Waals surface area contributed by atoms with E-state index in [0.717, 1.165) is 103 Å². The molecule has 81 heavy (non-hydrogen) atoms. The van der Waals surface area contributed by atoms with Gasteiger partial charge in [0, 0.05) is 19.3 Å². The third kappa shape index (κ3) is 67.0. The Morgan fingerprint density at radius 2 is 0.481 bits per heavy atom. The molecular formula is C75H130O6. The molecule has 0 spiro atoms. The predicted octanol–water partition coefficient (Wildman–Crippen LogP) is 24.0. The lowest BCUT2D eigenvalue weighted by Gasteiger charge is -2.18. The highest BCUT2D eigenvalue weighted by Crippen LogP contribution is 2.18. The van der Waals surface area contributed by atoms with Crippen molar-refractivity contribution >= 4 is 17.9 Å². The molecule has 6 heteroatoms. The molecule has 0 saturated heterocycles. The highest BCUT2D eigenvalue weighted by molar-refractivity contribution is 5.71. The molecule has 0 radical (unpaired) electrons. The van der Waals surface area contributed by atoms with E-state index >= 15 is 0 Å². The van der Waals surface area contributed by atoms with Crippen LogP contribution in [-0.2, 0) is 28.6 Å². The van der Waals surface area contributed by atoms with Gasteiger partial charge in [0.05, 0.1) is 0 Å². The van der Waals surface area contributed by atoms with E-state index in [0.29, 0.717) is 19.3 Å².